The van der Waals surface area contributed by atoms with Crippen LogP contribution in [0.1, 0.15) is 68.3 Å². The zero-order valence-electron chi connectivity index (χ0n) is 18.9. The number of amidine groups is 1. The van der Waals surface area contributed by atoms with Crippen LogP contribution in [0.4, 0.5) is 11.4 Å². The summed E-state index contributed by atoms with van der Waals surface area (Å²) in [4.78, 5) is 27.7. The second-order valence-electron chi connectivity index (χ2n) is 8.83. The average molecular weight is 468 g/mol. The molecule has 7 nitrogen and oxygen atoms in total. The Kier molecular flexibility index (Phi) is 6.14. The number of unbranched alkanes of at least 4 members (excludes halogenated alkanes) is 2. The summed E-state index contributed by atoms with van der Waals surface area (Å²) in [6.07, 6.45) is 4.68. The molecule has 1 aliphatic carbocycles. The van der Waals surface area contributed by atoms with Crippen molar-refractivity contribution in [2.45, 2.75) is 62.7 Å². The maximum Gasteiger partial charge on any atom is 0.286 e. The maximum absolute atomic E-state index is 14.2. The third kappa shape index (κ3) is 3.86. The first-order valence-corrected chi connectivity index (χ1v) is 12.9. The van der Waals surface area contributed by atoms with Crippen LogP contribution in [0, 0.1) is 5.92 Å². The molecule has 0 saturated heterocycles. The lowest BCUT2D eigenvalue weighted by Crippen LogP contribution is -2.52. The summed E-state index contributed by atoms with van der Waals surface area (Å²) in [6.45, 7) is 4.13. The molecule has 174 valence electrons. The van der Waals surface area contributed by atoms with E-state index in [0.29, 0.717) is 18.4 Å². The molecular formula is C25H29N3O4S. The van der Waals surface area contributed by atoms with Crippen molar-refractivity contribution in [3.63, 3.8) is 0 Å². The van der Waals surface area contributed by atoms with Gasteiger partial charge in [0.05, 0.1) is 11.1 Å². The molecular weight excluding hydrogens is 438 g/mol. The van der Waals surface area contributed by atoms with Gasteiger partial charge in [-0.1, -0.05) is 63.8 Å². The number of carbonyl (C=O) groups excluding carboxylic acids is 2. The summed E-state index contributed by atoms with van der Waals surface area (Å²) in [5, 5.41) is 2.96. The molecule has 1 unspecified atom stereocenters. The summed E-state index contributed by atoms with van der Waals surface area (Å²) < 4.78 is 29.8. The Hall–Kier alpha value is -3.00. The number of ketones is 2. The predicted molar refractivity (Wildman–Crippen MR) is 129 cm³/mol. The smallest absolute Gasteiger partial charge is 0.286 e. The summed E-state index contributed by atoms with van der Waals surface area (Å²) in [5.74, 6) is -2.11. The summed E-state index contributed by atoms with van der Waals surface area (Å²) in [5.41, 5.74) is 6.69. The van der Waals surface area contributed by atoms with Crippen LogP contribution in [0.15, 0.2) is 51.8 Å². The summed E-state index contributed by atoms with van der Waals surface area (Å²) in [6, 6.07) is 11.7. The van der Waals surface area contributed by atoms with Gasteiger partial charge in [-0.25, -0.2) is 0 Å². The molecule has 4 rings (SSSR count). The molecule has 1 atom stereocenters. The van der Waals surface area contributed by atoms with Gasteiger partial charge < -0.3 is 11.1 Å². The average Bonchev–Trinajstić information content (AvgIpc) is 2.79. The van der Waals surface area contributed by atoms with E-state index in [9.17, 15) is 18.0 Å². The number of carbonyl (C=O) groups is 2. The van der Waals surface area contributed by atoms with Crippen LogP contribution in [0.2, 0.25) is 0 Å². The van der Waals surface area contributed by atoms with Gasteiger partial charge in [-0.3, -0.25) is 9.59 Å². The fraction of sp³-hybridized carbons (Fsp3) is 0.400. The molecule has 8 heteroatoms. The quantitative estimate of drug-likeness (QED) is 0.458. The second kappa shape index (κ2) is 8.74. The molecule has 0 fully saturated rings. The van der Waals surface area contributed by atoms with Gasteiger partial charge in [0.25, 0.3) is 10.0 Å². The van der Waals surface area contributed by atoms with Gasteiger partial charge in [0.2, 0.25) is 0 Å². The van der Waals surface area contributed by atoms with Crippen molar-refractivity contribution in [2.75, 3.05) is 11.1 Å². The van der Waals surface area contributed by atoms with E-state index in [4.69, 9.17) is 5.73 Å². The highest BCUT2D eigenvalue weighted by Gasteiger charge is 2.53. The van der Waals surface area contributed by atoms with Crippen molar-refractivity contribution in [2.24, 2.45) is 10.3 Å². The molecule has 1 heterocycles. The number of anilines is 2. The lowest BCUT2D eigenvalue weighted by Gasteiger charge is -2.41. The van der Waals surface area contributed by atoms with Crippen molar-refractivity contribution in [1.82, 2.24) is 0 Å². The van der Waals surface area contributed by atoms with E-state index in [1.54, 1.807) is 18.2 Å². The molecule has 0 aromatic heterocycles. The van der Waals surface area contributed by atoms with Crippen molar-refractivity contribution in [3.8, 4) is 0 Å². The zero-order chi connectivity index (χ0) is 23.8. The van der Waals surface area contributed by atoms with Crippen LogP contribution in [-0.2, 0) is 20.2 Å². The van der Waals surface area contributed by atoms with Crippen molar-refractivity contribution in [3.05, 3.63) is 53.6 Å². The monoisotopic (exact) mass is 467 g/mol. The third-order valence-electron chi connectivity index (χ3n) is 6.66. The minimum atomic E-state index is -4.12. The number of nitrogen functional groups attached to an aromatic ring is 1. The number of nitrogens with one attached hydrogen (secondary N) is 1. The van der Waals surface area contributed by atoms with Gasteiger partial charge in [-0.15, -0.1) is 4.40 Å². The number of Topliss-reactive ketones (excluding diaryl/α,β-unsaturated/α-hetero) is 2. The lowest BCUT2D eigenvalue weighted by molar-refractivity contribution is -0.126. The van der Waals surface area contributed by atoms with E-state index >= 15 is 0 Å². The Labute approximate surface area is 194 Å². The predicted octanol–water partition coefficient (Wildman–Crippen LogP) is 4.48. The van der Waals surface area contributed by atoms with Gasteiger partial charge in [0.1, 0.15) is 16.6 Å². The van der Waals surface area contributed by atoms with Gasteiger partial charge >= 0.3 is 0 Å². The fourth-order valence-electron chi connectivity index (χ4n) is 4.97. The number of hydrogen-bond donors (Lipinski definition) is 2. The van der Waals surface area contributed by atoms with Crippen LogP contribution in [0.25, 0.3) is 0 Å². The van der Waals surface area contributed by atoms with Gasteiger partial charge in [0, 0.05) is 11.3 Å². The molecule has 0 radical (unpaired) electrons. The van der Waals surface area contributed by atoms with Crippen molar-refractivity contribution in [1.29, 1.82) is 0 Å². The molecule has 0 amide bonds. The highest BCUT2D eigenvalue weighted by Crippen LogP contribution is 2.45. The Bertz CT molecular complexity index is 1240. The summed E-state index contributed by atoms with van der Waals surface area (Å²) >= 11 is 0. The van der Waals surface area contributed by atoms with Crippen LogP contribution in [0.5, 0.6) is 0 Å². The maximum atomic E-state index is 14.2. The molecule has 3 N–H and O–H groups in total. The lowest BCUT2D eigenvalue weighted by atomic mass is 9.60. The Morgan fingerprint density at radius 3 is 2.36 bits per heavy atom. The van der Waals surface area contributed by atoms with E-state index in [0.717, 1.165) is 31.2 Å². The fourth-order valence-corrected chi connectivity index (χ4v) is 6.16. The van der Waals surface area contributed by atoms with E-state index < -0.39 is 27.1 Å². The first-order valence-electron chi connectivity index (χ1n) is 11.4. The normalized spacial score (nSPS) is 20.4. The number of rotatable bonds is 7. The van der Waals surface area contributed by atoms with Crippen LogP contribution in [-0.4, -0.2) is 25.8 Å². The molecule has 0 spiro atoms. The first-order chi connectivity index (χ1) is 15.7. The van der Waals surface area contributed by atoms with E-state index in [1.165, 1.54) is 12.1 Å². The minimum absolute atomic E-state index is 0.0643. The highest BCUT2D eigenvalue weighted by molar-refractivity contribution is 7.90. The van der Waals surface area contributed by atoms with Crippen LogP contribution >= 0.6 is 0 Å². The molecule has 2 aromatic carbocycles. The van der Waals surface area contributed by atoms with Gasteiger partial charge in [-0.2, -0.15) is 8.42 Å². The molecule has 2 aromatic rings. The van der Waals surface area contributed by atoms with Crippen LogP contribution in [0.3, 0.4) is 0 Å². The summed E-state index contributed by atoms with van der Waals surface area (Å²) in [7, 11) is -4.12. The number of nitrogens with two attached hydrogens (primary N) is 1. The van der Waals surface area contributed by atoms with Crippen LogP contribution < -0.4 is 11.1 Å². The minimum Gasteiger partial charge on any atom is -0.399 e. The largest absolute Gasteiger partial charge is 0.399 e. The molecule has 33 heavy (non-hydrogen) atoms. The molecule has 1 aliphatic heterocycles. The number of sulfonamides is 1. The third-order valence-corrected chi connectivity index (χ3v) is 7.99. The van der Waals surface area contributed by atoms with E-state index in [-0.39, 0.29) is 27.9 Å². The standard InChI is InChI=1S/C25H29N3O4S/c1-3-5-13-25(14-6-4-2)18-10-8-7-9-17(18)22(29)21(23(25)30)24-27-19-12-11-16(26)15-20(19)33(31,32)28-24/h7-12,15,21H,3-6,13-14,26H2,1-2H3,(H,27,28). The van der Waals surface area contributed by atoms with Gasteiger partial charge in [-0.05, 0) is 36.6 Å². The number of fused-ring (bicyclic) bond motifs is 2. The number of hydrogen-bond acceptors (Lipinski definition) is 6. The Balaban J connectivity index is 1.88. The highest BCUT2D eigenvalue weighted by atomic mass is 32.2. The first kappa shape index (κ1) is 23.2. The number of benzene rings is 2. The molecule has 0 bridgehead atoms. The Morgan fingerprint density at radius 2 is 1.70 bits per heavy atom. The van der Waals surface area contributed by atoms with E-state index in [2.05, 4.69) is 23.6 Å². The van der Waals surface area contributed by atoms with Crippen molar-refractivity contribution >= 4 is 38.8 Å². The SMILES string of the molecule is CCCCC1(CCCC)C(=O)C(C2=NS(=O)(=O)c3cc(N)ccc3N2)C(=O)c2ccccc21. The number of nitrogens with zero attached hydrogens (tertiary/aromatic N) is 1. The second-order valence-corrected chi connectivity index (χ2v) is 10.4. The van der Waals surface area contributed by atoms with Crippen molar-refractivity contribution < 1.29 is 18.0 Å². The van der Waals surface area contributed by atoms with Gasteiger partial charge in [0.15, 0.2) is 11.6 Å². The molecule has 0 saturated carbocycles. The molecule has 2 aliphatic rings. The zero-order valence-corrected chi connectivity index (χ0v) is 19.7. The van der Waals surface area contributed by atoms with E-state index in [1.807, 2.05) is 12.1 Å². The Morgan fingerprint density at radius 1 is 1.03 bits per heavy atom. The topological polar surface area (TPSA) is 119 Å².